The molecule has 0 spiro atoms. The van der Waals surface area contributed by atoms with Crippen molar-refractivity contribution < 1.29 is 4.74 Å². The fourth-order valence-electron chi connectivity index (χ4n) is 9.40. The van der Waals surface area contributed by atoms with Gasteiger partial charge in [0, 0.05) is 11.9 Å². The van der Waals surface area contributed by atoms with Crippen LogP contribution in [-0.2, 0) is 4.74 Å². The number of unbranched alkanes of at least 4 members (excludes halogenated alkanes) is 1. The second-order valence-corrected chi connectivity index (χ2v) is 14.5. The molecule has 4 rings (SSSR count). The van der Waals surface area contributed by atoms with Gasteiger partial charge in [0.25, 0.3) is 0 Å². The van der Waals surface area contributed by atoms with Crippen molar-refractivity contribution in [3.05, 3.63) is 23.8 Å². The maximum absolute atomic E-state index is 6.34. The van der Waals surface area contributed by atoms with Gasteiger partial charge in [0.05, 0.1) is 6.10 Å². The normalized spacial score (nSPS) is 40.8. The highest BCUT2D eigenvalue weighted by Gasteiger charge is 2.59. The van der Waals surface area contributed by atoms with E-state index in [4.69, 9.17) is 4.74 Å². The van der Waals surface area contributed by atoms with Crippen LogP contribution in [0.25, 0.3) is 0 Å². The molecule has 4 aliphatic rings. The lowest BCUT2D eigenvalue weighted by Gasteiger charge is -2.58. The average molecular weight is 548 g/mol. The Bertz CT molecular complexity index is 754. The van der Waals surface area contributed by atoms with Crippen molar-refractivity contribution in [2.24, 2.45) is 52.3 Å². The van der Waals surface area contributed by atoms with Crippen LogP contribution >= 0.6 is 15.9 Å². The van der Waals surface area contributed by atoms with Crippen LogP contribution in [0.5, 0.6) is 0 Å². The highest BCUT2D eigenvalue weighted by atomic mass is 79.9. The number of rotatable bonds is 10. The van der Waals surface area contributed by atoms with Crippen molar-refractivity contribution in [2.45, 2.75) is 118 Å². The van der Waals surface area contributed by atoms with Crippen molar-refractivity contribution in [2.75, 3.05) is 11.9 Å². The first-order valence-corrected chi connectivity index (χ1v) is 16.4. The van der Waals surface area contributed by atoms with Crippen LogP contribution in [0.4, 0.5) is 0 Å². The summed E-state index contributed by atoms with van der Waals surface area (Å²) in [6.07, 6.45) is 23.1. The van der Waals surface area contributed by atoms with E-state index in [0.717, 1.165) is 53.4 Å². The quantitative estimate of drug-likeness (QED) is 0.150. The molecule has 4 aliphatic carbocycles. The SMILES string of the molecule is CC[C@H](C=C[C@@H](C)[C@H]1CC[C@H]2[C@@H]3CC=C4CC(OCCCCBr)CC[C@]4(C)[C@H]3CC[C@]12C)C(C)C. The zero-order valence-corrected chi connectivity index (χ0v) is 25.4. The van der Waals surface area contributed by atoms with Crippen molar-refractivity contribution in [1.29, 1.82) is 0 Å². The number of ether oxygens (including phenoxy) is 1. The third-order valence-electron chi connectivity index (χ3n) is 11.6. The van der Waals surface area contributed by atoms with E-state index in [2.05, 4.69) is 75.7 Å². The van der Waals surface area contributed by atoms with Crippen molar-refractivity contribution >= 4 is 15.9 Å². The van der Waals surface area contributed by atoms with Crippen LogP contribution in [0, 0.1) is 52.3 Å². The first-order valence-electron chi connectivity index (χ1n) is 15.3. The van der Waals surface area contributed by atoms with Gasteiger partial charge in [-0.05, 0) is 123 Å². The van der Waals surface area contributed by atoms with Crippen LogP contribution in [0.1, 0.15) is 112 Å². The lowest BCUT2D eigenvalue weighted by Crippen LogP contribution is -2.51. The van der Waals surface area contributed by atoms with E-state index in [1.807, 2.05) is 0 Å². The lowest BCUT2D eigenvalue weighted by atomic mass is 9.47. The molecule has 9 atom stereocenters. The zero-order valence-electron chi connectivity index (χ0n) is 23.8. The summed E-state index contributed by atoms with van der Waals surface area (Å²) in [5, 5.41) is 1.10. The smallest absolute Gasteiger partial charge is 0.0612 e. The predicted molar refractivity (Wildman–Crippen MR) is 155 cm³/mol. The Balaban J connectivity index is 1.43. The number of hydrogen-bond donors (Lipinski definition) is 0. The Morgan fingerprint density at radius 1 is 1.03 bits per heavy atom. The maximum Gasteiger partial charge on any atom is 0.0612 e. The number of halogens is 1. The summed E-state index contributed by atoms with van der Waals surface area (Å²) in [7, 11) is 0. The number of fused-ring (bicyclic) bond motifs is 5. The van der Waals surface area contributed by atoms with Gasteiger partial charge in [-0.3, -0.25) is 0 Å². The predicted octanol–water partition coefficient (Wildman–Crippen LogP) is 10.0. The minimum atomic E-state index is 0.440. The van der Waals surface area contributed by atoms with Crippen LogP contribution < -0.4 is 0 Å². The van der Waals surface area contributed by atoms with Crippen LogP contribution in [0.15, 0.2) is 23.8 Å². The second-order valence-electron chi connectivity index (χ2n) is 13.7. The van der Waals surface area contributed by atoms with E-state index in [1.54, 1.807) is 5.57 Å². The van der Waals surface area contributed by atoms with Gasteiger partial charge in [-0.25, -0.2) is 0 Å². The Morgan fingerprint density at radius 2 is 1.83 bits per heavy atom. The Morgan fingerprint density at radius 3 is 2.54 bits per heavy atom. The Kier molecular flexibility index (Phi) is 9.38. The molecule has 200 valence electrons. The van der Waals surface area contributed by atoms with Gasteiger partial charge >= 0.3 is 0 Å². The molecule has 2 heteroatoms. The molecule has 1 unspecified atom stereocenters. The molecular formula is C33H55BrO. The number of hydrogen-bond acceptors (Lipinski definition) is 1. The molecule has 0 bridgehead atoms. The molecule has 0 N–H and O–H groups in total. The van der Waals surface area contributed by atoms with Gasteiger partial charge in [-0.2, -0.15) is 0 Å². The van der Waals surface area contributed by atoms with Crippen LogP contribution in [-0.4, -0.2) is 18.0 Å². The number of alkyl halides is 1. The van der Waals surface area contributed by atoms with Crippen LogP contribution in [0.2, 0.25) is 0 Å². The van der Waals surface area contributed by atoms with Gasteiger partial charge in [-0.15, -0.1) is 0 Å². The van der Waals surface area contributed by atoms with Gasteiger partial charge in [0.2, 0.25) is 0 Å². The van der Waals surface area contributed by atoms with Gasteiger partial charge < -0.3 is 4.74 Å². The topological polar surface area (TPSA) is 9.23 Å². The lowest BCUT2D eigenvalue weighted by molar-refractivity contribution is -0.0614. The largest absolute Gasteiger partial charge is 0.378 e. The minimum absolute atomic E-state index is 0.440. The third kappa shape index (κ3) is 5.55. The summed E-state index contributed by atoms with van der Waals surface area (Å²) in [6.45, 7) is 15.9. The van der Waals surface area contributed by atoms with E-state index in [-0.39, 0.29) is 0 Å². The van der Waals surface area contributed by atoms with Crippen molar-refractivity contribution in [3.63, 3.8) is 0 Å². The third-order valence-corrected chi connectivity index (χ3v) is 12.2. The van der Waals surface area contributed by atoms with Crippen molar-refractivity contribution in [1.82, 2.24) is 0 Å². The summed E-state index contributed by atoms with van der Waals surface area (Å²) in [5.74, 6) is 5.84. The Labute approximate surface area is 226 Å². The van der Waals surface area contributed by atoms with E-state index in [1.165, 1.54) is 70.6 Å². The fraction of sp³-hybridized carbons (Fsp3) is 0.879. The Hall–Kier alpha value is -0.0800. The summed E-state index contributed by atoms with van der Waals surface area (Å²) >= 11 is 3.55. The molecule has 3 saturated carbocycles. The zero-order chi connectivity index (χ0) is 25.2. The molecule has 0 saturated heterocycles. The number of allylic oxidation sites excluding steroid dienone is 3. The van der Waals surface area contributed by atoms with Gasteiger partial charge in [0.15, 0.2) is 0 Å². The molecule has 1 nitrogen and oxygen atoms in total. The molecule has 0 aromatic heterocycles. The average Bonchev–Trinajstić information content (AvgIpc) is 3.19. The maximum atomic E-state index is 6.34. The molecule has 35 heavy (non-hydrogen) atoms. The molecule has 0 aliphatic heterocycles. The monoisotopic (exact) mass is 546 g/mol. The second kappa shape index (κ2) is 11.8. The first kappa shape index (κ1) is 27.9. The molecule has 0 radical (unpaired) electrons. The van der Waals surface area contributed by atoms with Gasteiger partial charge in [-0.1, -0.05) is 81.3 Å². The minimum Gasteiger partial charge on any atom is -0.378 e. The summed E-state index contributed by atoms with van der Waals surface area (Å²) in [4.78, 5) is 0. The highest BCUT2D eigenvalue weighted by molar-refractivity contribution is 9.09. The molecule has 0 aromatic rings. The van der Waals surface area contributed by atoms with Crippen LogP contribution in [0.3, 0.4) is 0 Å². The summed E-state index contributed by atoms with van der Waals surface area (Å²) < 4.78 is 6.34. The van der Waals surface area contributed by atoms with E-state index < -0.39 is 0 Å². The molecular weight excluding hydrogens is 492 g/mol. The highest BCUT2D eigenvalue weighted by Crippen LogP contribution is 2.67. The molecule has 0 heterocycles. The van der Waals surface area contributed by atoms with E-state index in [9.17, 15) is 0 Å². The van der Waals surface area contributed by atoms with Crippen molar-refractivity contribution in [3.8, 4) is 0 Å². The van der Waals surface area contributed by atoms with E-state index >= 15 is 0 Å². The molecule has 0 aromatic carbocycles. The molecule has 0 amide bonds. The van der Waals surface area contributed by atoms with Gasteiger partial charge in [0.1, 0.15) is 0 Å². The summed E-state index contributed by atoms with van der Waals surface area (Å²) in [5.41, 5.74) is 2.75. The summed E-state index contributed by atoms with van der Waals surface area (Å²) in [6, 6.07) is 0. The fourth-order valence-corrected chi connectivity index (χ4v) is 9.80. The van der Waals surface area contributed by atoms with E-state index in [0.29, 0.717) is 16.9 Å². The molecule has 3 fully saturated rings. The first-order chi connectivity index (χ1) is 16.7. The standard InChI is InChI=1S/C33H55BrO/c1-7-25(23(2)3)11-10-24(4)29-14-15-30-28-13-12-26-22-27(35-21-9-8-20-34)16-18-32(26,5)31(28)17-19-33(29,30)6/h10-12,23-25,27-31H,7-9,13-22H2,1-6H3/t24-,25-,27?,28+,29-,30+,31+,32+,33-/m1/s1.